The van der Waals surface area contributed by atoms with Crippen LogP contribution in [0.15, 0.2) is 42.7 Å². The van der Waals surface area contributed by atoms with Crippen LogP contribution in [0.1, 0.15) is 10.4 Å². The molecule has 5 nitrogen and oxygen atoms in total. The molecule has 0 radical (unpaired) electrons. The lowest BCUT2D eigenvalue weighted by atomic mass is 10.1. The van der Waals surface area contributed by atoms with E-state index in [0.29, 0.717) is 11.4 Å². The van der Waals surface area contributed by atoms with Crippen LogP contribution in [0.5, 0.6) is 0 Å². The summed E-state index contributed by atoms with van der Waals surface area (Å²) < 4.78 is 1.70. The van der Waals surface area contributed by atoms with Crippen molar-refractivity contribution in [3.05, 3.63) is 48.3 Å². The second-order valence-electron chi connectivity index (χ2n) is 4.42. The van der Waals surface area contributed by atoms with Gasteiger partial charge in [-0.3, -0.25) is 0 Å². The Hall–Kier alpha value is -2.56. The number of carbonyl (C=O) groups excluding carboxylic acids is 1. The smallest absolute Gasteiger partial charge is 0.221 e. The average molecular weight is 257 g/mol. The number of hydrogen-bond acceptors (Lipinski definition) is 4. The highest BCUT2D eigenvalue weighted by Crippen LogP contribution is 2.14. The minimum atomic E-state index is -1.22. The maximum Gasteiger partial charge on any atom is 0.221 e. The van der Waals surface area contributed by atoms with Gasteiger partial charge in [0.1, 0.15) is 0 Å². The summed E-state index contributed by atoms with van der Waals surface area (Å²) in [5, 5.41) is 11.1. The summed E-state index contributed by atoms with van der Waals surface area (Å²) in [5.41, 5.74) is 7.83. The molecule has 0 unspecified atom stereocenters. The van der Waals surface area contributed by atoms with Crippen molar-refractivity contribution in [2.75, 3.05) is 24.7 Å². The Morgan fingerprint density at radius 1 is 1.21 bits per heavy atom. The van der Waals surface area contributed by atoms with Crippen molar-refractivity contribution in [1.29, 1.82) is 0 Å². The number of carbonyl (C=O) groups is 1. The number of benzene rings is 1. The SMILES string of the molecule is CN(C)c1cc[n+](-c2cc(N)ccc2C(=O)[O-])cc1. The lowest BCUT2D eigenvalue weighted by molar-refractivity contribution is -0.595. The van der Waals surface area contributed by atoms with Gasteiger partial charge in [-0.1, -0.05) is 0 Å². The lowest BCUT2D eigenvalue weighted by Gasteiger charge is -2.11. The molecule has 19 heavy (non-hydrogen) atoms. The maximum atomic E-state index is 11.1. The number of aromatic nitrogens is 1. The first kappa shape index (κ1) is 12.9. The normalized spacial score (nSPS) is 10.2. The van der Waals surface area contributed by atoms with Crippen LogP contribution >= 0.6 is 0 Å². The molecular formula is C14H15N3O2. The molecule has 0 fully saturated rings. The molecule has 1 heterocycles. The van der Waals surface area contributed by atoms with E-state index in [1.165, 1.54) is 6.07 Å². The third kappa shape index (κ3) is 2.65. The maximum absolute atomic E-state index is 11.1. The molecule has 0 spiro atoms. The first-order chi connectivity index (χ1) is 8.99. The number of nitrogens with zero attached hydrogens (tertiary/aromatic N) is 2. The summed E-state index contributed by atoms with van der Waals surface area (Å²) in [6.45, 7) is 0. The molecule has 2 aromatic rings. The summed E-state index contributed by atoms with van der Waals surface area (Å²) >= 11 is 0. The monoisotopic (exact) mass is 257 g/mol. The van der Waals surface area contributed by atoms with Gasteiger partial charge >= 0.3 is 0 Å². The molecule has 5 heteroatoms. The molecule has 0 aliphatic heterocycles. The number of carboxylic acid groups (broad SMARTS) is 1. The summed E-state index contributed by atoms with van der Waals surface area (Å²) in [6, 6.07) is 8.39. The molecule has 2 rings (SSSR count). The molecule has 0 saturated carbocycles. The molecular weight excluding hydrogens is 242 g/mol. The van der Waals surface area contributed by atoms with Crippen molar-refractivity contribution in [3.8, 4) is 5.69 Å². The van der Waals surface area contributed by atoms with Crippen molar-refractivity contribution in [2.45, 2.75) is 0 Å². The molecule has 0 saturated heterocycles. The van der Waals surface area contributed by atoms with Crippen LogP contribution in [-0.4, -0.2) is 20.1 Å². The minimum Gasteiger partial charge on any atom is -0.545 e. The summed E-state index contributed by atoms with van der Waals surface area (Å²) in [7, 11) is 3.87. The van der Waals surface area contributed by atoms with Crippen molar-refractivity contribution in [1.82, 2.24) is 0 Å². The van der Waals surface area contributed by atoms with Crippen molar-refractivity contribution >= 4 is 17.3 Å². The predicted molar refractivity (Wildman–Crippen MR) is 71.0 cm³/mol. The van der Waals surface area contributed by atoms with Crippen LogP contribution in [0.25, 0.3) is 5.69 Å². The van der Waals surface area contributed by atoms with Crippen molar-refractivity contribution in [3.63, 3.8) is 0 Å². The van der Waals surface area contributed by atoms with Crippen LogP contribution in [0.2, 0.25) is 0 Å². The summed E-state index contributed by atoms with van der Waals surface area (Å²) in [4.78, 5) is 13.1. The van der Waals surface area contributed by atoms with Gasteiger partial charge in [-0.2, -0.15) is 4.57 Å². The van der Waals surface area contributed by atoms with Gasteiger partial charge in [0.25, 0.3) is 0 Å². The Morgan fingerprint density at radius 3 is 2.37 bits per heavy atom. The van der Waals surface area contributed by atoms with Crippen LogP contribution in [0.3, 0.4) is 0 Å². The number of anilines is 2. The second kappa shape index (κ2) is 4.97. The largest absolute Gasteiger partial charge is 0.545 e. The standard InChI is InChI=1S/C14H15N3O2/c1-16(2)11-5-7-17(8-6-11)13-9-10(15)3-4-12(13)14(18)19/h3-9H,15H2,1-2H3. The molecule has 98 valence electrons. The Labute approximate surface area is 111 Å². The van der Waals surface area contributed by atoms with Gasteiger partial charge in [0.05, 0.1) is 11.5 Å². The van der Waals surface area contributed by atoms with Gasteiger partial charge < -0.3 is 20.5 Å². The highest BCUT2D eigenvalue weighted by Gasteiger charge is 2.14. The fourth-order valence-electron chi connectivity index (χ4n) is 1.81. The van der Waals surface area contributed by atoms with Gasteiger partial charge in [0, 0.05) is 43.7 Å². The molecule has 0 amide bonds. The van der Waals surface area contributed by atoms with Crippen molar-refractivity contribution in [2.24, 2.45) is 0 Å². The fourth-order valence-corrected chi connectivity index (χ4v) is 1.81. The van der Waals surface area contributed by atoms with Crippen LogP contribution in [-0.2, 0) is 0 Å². The van der Waals surface area contributed by atoms with Crippen LogP contribution < -0.4 is 20.3 Å². The van der Waals surface area contributed by atoms with E-state index in [9.17, 15) is 9.90 Å². The van der Waals surface area contributed by atoms with Gasteiger partial charge in [0.2, 0.25) is 5.69 Å². The molecule has 0 aliphatic carbocycles. The number of nitrogens with two attached hydrogens (primary N) is 1. The number of rotatable bonds is 3. The topological polar surface area (TPSA) is 73.3 Å². The minimum absolute atomic E-state index is 0.108. The summed E-state index contributed by atoms with van der Waals surface area (Å²) in [6.07, 6.45) is 3.58. The first-order valence-corrected chi connectivity index (χ1v) is 5.79. The predicted octanol–water partition coefficient (Wildman–Crippen LogP) is -0.0250. The van der Waals surface area contributed by atoms with E-state index in [-0.39, 0.29) is 5.56 Å². The zero-order valence-corrected chi connectivity index (χ0v) is 10.8. The van der Waals surface area contributed by atoms with E-state index < -0.39 is 5.97 Å². The Bertz CT molecular complexity index is 607. The van der Waals surface area contributed by atoms with Gasteiger partial charge in [-0.15, -0.1) is 0 Å². The zero-order valence-electron chi connectivity index (χ0n) is 10.8. The van der Waals surface area contributed by atoms with Crippen LogP contribution in [0, 0.1) is 0 Å². The number of hydrogen-bond donors (Lipinski definition) is 1. The number of carboxylic acids is 1. The molecule has 1 aromatic carbocycles. The number of aromatic carboxylic acids is 1. The fraction of sp³-hybridized carbons (Fsp3) is 0.143. The van der Waals surface area contributed by atoms with E-state index in [1.807, 2.05) is 31.1 Å². The summed E-state index contributed by atoms with van der Waals surface area (Å²) in [5.74, 6) is -1.22. The quantitative estimate of drug-likeness (QED) is 0.619. The van der Waals surface area contributed by atoms with Gasteiger partial charge in [0.15, 0.2) is 12.4 Å². The molecule has 2 N–H and O–H groups in total. The second-order valence-corrected chi connectivity index (χ2v) is 4.42. The average Bonchev–Trinajstić information content (AvgIpc) is 2.38. The highest BCUT2D eigenvalue weighted by atomic mass is 16.4. The Balaban J connectivity index is 2.51. The van der Waals surface area contributed by atoms with Crippen molar-refractivity contribution < 1.29 is 14.5 Å². The van der Waals surface area contributed by atoms with Crippen LogP contribution in [0.4, 0.5) is 11.4 Å². The molecule has 0 bridgehead atoms. The first-order valence-electron chi connectivity index (χ1n) is 5.79. The number of nitrogen functional groups attached to an aromatic ring is 1. The zero-order chi connectivity index (χ0) is 14.0. The van der Waals surface area contributed by atoms with Gasteiger partial charge in [-0.05, 0) is 12.1 Å². The third-order valence-corrected chi connectivity index (χ3v) is 2.85. The molecule has 0 atom stereocenters. The Morgan fingerprint density at radius 2 is 1.84 bits per heavy atom. The third-order valence-electron chi connectivity index (χ3n) is 2.85. The van der Waals surface area contributed by atoms with E-state index in [2.05, 4.69) is 0 Å². The van der Waals surface area contributed by atoms with E-state index >= 15 is 0 Å². The lowest BCUT2D eigenvalue weighted by Crippen LogP contribution is -2.35. The molecule has 1 aromatic heterocycles. The Kier molecular flexibility index (Phi) is 3.37. The van der Waals surface area contributed by atoms with Gasteiger partial charge in [-0.25, -0.2) is 0 Å². The van der Waals surface area contributed by atoms with E-state index in [0.717, 1.165) is 5.69 Å². The molecule has 0 aliphatic rings. The highest BCUT2D eigenvalue weighted by molar-refractivity contribution is 5.90. The van der Waals surface area contributed by atoms with E-state index in [1.54, 1.807) is 29.1 Å². The van der Waals surface area contributed by atoms with E-state index in [4.69, 9.17) is 5.73 Å². The number of pyridine rings is 1.